The van der Waals surface area contributed by atoms with Gasteiger partial charge in [-0.15, -0.1) is 0 Å². The Morgan fingerprint density at radius 2 is 1.64 bits per heavy atom. The summed E-state index contributed by atoms with van der Waals surface area (Å²) >= 11 is 0. The van der Waals surface area contributed by atoms with E-state index in [1.165, 1.54) is 6.07 Å². The Balaban J connectivity index is 3.23. The monoisotopic (exact) mass is 354 g/mol. The molecule has 0 aliphatic rings. The quantitative estimate of drug-likeness (QED) is 0.205. The van der Waals surface area contributed by atoms with Crippen LogP contribution in [0.15, 0.2) is 24.3 Å². The summed E-state index contributed by atoms with van der Waals surface area (Å²) in [6.45, 7) is 0. The molecule has 2 unspecified atom stereocenters. The van der Waals surface area contributed by atoms with E-state index in [2.05, 4.69) is 0 Å². The number of aliphatic hydroxyl groups is 1. The third kappa shape index (κ3) is 4.32. The highest BCUT2D eigenvalue weighted by Gasteiger charge is 2.54. The molecule has 0 saturated heterocycles. The summed E-state index contributed by atoms with van der Waals surface area (Å²) in [7, 11) is 0. The maximum atomic E-state index is 12.1. The Kier molecular flexibility index (Phi) is 5.85. The molecule has 1 aromatic rings. The van der Waals surface area contributed by atoms with Crippen molar-refractivity contribution < 1.29 is 49.8 Å². The normalized spacial score (nSPS) is 14.6. The van der Waals surface area contributed by atoms with Gasteiger partial charge in [0.05, 0.1) is 6.42 Å². The molecule has 0 saturated carbocycles. The molecule has 134 valence electrons. The molecule has 0 heterocycles. The fraction of sp³-hybridized carbons (Fsp3) is 0.200. The van der Waals surface area contributed by atoms with Crippen LogP contribution in [0.4, 0.5) is 0 Å². The van der Waals surface area contributed by atoms with Crippen molar-refractivity contribution in [3.8, 4) is 11.5 Å². The number of carboxylic acids is 3. The van der Waals surface area contributed by atoms with Crippen molar-refractivity contribution in [2.75, 3.05) is 0 Å². The van der Waals surface area contributed by atoms with Gasteiger partial charge in [-0.05, 0) is 23.8 Å². The van der Waals surface area contributed by atoms with Crippen LogP contribution in [0.5, 0.6) is 11.5 Å². The SMILES string of the molecule is O=C(O)CC(C(=O)O)C(O)(C(=O)O)C(=O)/C=C/c1ccc(O)c(O)c1. The molecule has 1 aromatic carbocycles. The summed E-state index contributed by atoms with van der Waals surface area (Å²) in [6, 6.07) is 3.34. The van der Waals surface area contributed by atoms with Crippen LogP contribution in [0, 0.1) is 5.92 Å². The van der Waals surface area contributed by atoms with Gasteiger partial charge < -0.3 is 30.6 Å². The smallest absolute Gasteiger partial charge is 0.344 e. The van der Waals surface area contributed by atoms with Gasteiger partial charge in [0.1, 0.15) is 5.92 Å². The summed E-state index contributed by atoms with van der Waals surface area (Å²) in [6.07, 6.45) is 0.199. The number of aliphatic carboxylic acids is 3. The number of carbonyl (C=O) groups is 4. The first-order chi connectivity index (χ1) is 11.5. The van der Waals surface area contributed by atoms with E-state index in [4.69, 9.17) is 20.4 Å². The van der Waals surface area contributed by atoms with Crippen LogP contribution >= 0.6 is 0 Å². The van der Waals surface area contributed by atoms with E-state index in [0.29, 0.717) is 6.08 Å². The van der Waals surface area contributed by atoms with E-state index in [1.54, 1.807) is 0 Å². The lowest BCUT2D eigenvalue weighted by atomic mass is 9.81. The zero-order valence-electron chi connectivity index (χ0n) is 12.5. The van der Waals surface area contributed by atoms with Gasteiger partial charge in [0.2, 0.25) is 5.60 Å². The second-order valence-corrected chi connectivity index (χ2v) is 5.01. The first kappa shape index (κ1) is 19.6. The Bertz CT molecular complexity index is 751. The number of phenolic OH excluding ortho intramolecular Hbond substituents is 2. The van der Waals surface area contributed by atoms with E-state index < -0.39 is 53.1 Å². The molecular weight excluding hydrogens is 340 g/mol. The lowest BCUT2D eigenvalue weighted by Gasteiger charge is -2.26. The van der Waals surface area contributed by atoms with Crippen molar-refractivity contribution >= 4 is 29.8 Å². The van der Waals surface area contributed by atoms with Gasteiger partial charge in [0.25, 0.3) is 0 Å². The summed E-state index contributed by atoms with van der Waals surface area (Å²) < 4.78 is 0. The average molecular weight is 354 g/mol. The van der Waals surface area contributed by atoms with Crippen molar-refractivity contribution in [1.82, 2.24) is 0 Å². The number of carbonyl (C=O) groups excluding carboxylic acids is 1. The first-order valence-corrected chi connectivity index (χ1v) is 6.65. The van der Waals surface area contributed by atoms with E-state index in [-0.39, 0.29) is 5.56 Å². The van der Waals surface area contributed by atoms with Crippen molar-refractivity contribution in [3.05, 3.63) is 29.8 Å². The molecule has 0 fully saturated rings. The van der Waals surface area contributed by atoms with Gasteiger partial charge in [-0.2, -0.15) is 0 Å². The van der Waals surface area contributed by atoms with Crippen LogP contribution in [0.3, 0.4) is 0 Å². The molecular formula is C15H14O10. The van der Waals surface area contributed by atoms with Gasteiger partial charge >= 0.3 is 17.9 Å². The third-order valence-electron chi connectivity index (χ3n) is 3.31. The summed E-state index contributed by atoms with van der Waals surface area (Å²) in [4.78, 5) is 45.2. The number of phenols is 2. The van der Waals surface area contributed by atoms with Gasteiger partial charge in [-0.3, -0.25) is 14.4 Å². The van der Waals surface area contributed by atoms with Crippen molar-refractivity contribution in [2.24, 2.45) is 5.92 Å². The highest BCUT2D eigenvalue weighted by atomic mass is 16.4. The molecule has 0 aliphatic carbocycles. The average Bonchev–Trinajstić information content (AvgIpc) is 2.52. The molecule has 0 bridgehead atoms. The summed E-state index contributed by atoms with van der Waals surface area (Å²) in [5.41, 5.74) is -3.37. The minimum atomic E-state index is -3.50. The minimum Gasteiger partial charge on any atom is -0.504 e. The maximum absolute atomic E-state index is 12.1. The largest absolute Gasteiger partial charge is 0.504 e. The lowest BCUT2D eigenvalue weighted by Crippen LogP contribution is -2.55. The topological polar surface area (TPSA) is 190 Å². The molecule has 0 aromatic heterocycles. The van der Waals surface area contributed by atoms with Gasteiger partial charge in [0.15, 0.2) is 17.3 Å². The van der Waals surface area contributed by atoms with Gasteiger partial charge in [-0.25, -0.2) is 4.79 Å². The second kappa shape index (κ2) is 7.45. The van der Waals surface area contributed by atoms with Crippen LogP contribution in [-0.2, 0) is 19.2 Å². The fourth-order valence-electron chi connectivity index (χ4n) is 1.96. The maximum Gasteiger partial charge on any atom is 0.344 e. The van der Waals surface area contributed by atoms with Gasteiger partial charge in [0, 0.05) is 0 Å². The number of aromatic hydroxyl groups is 2. The van der Waals surface area contributed by atoms with Crippen LogP contribution < -0.4 is 0 Å². The summed E-state index contributed by atoms with van der Waals surface area (Å²) in [5, 5.41) is 55.3. The second-order valence-electron chi connectivity index (χ2n) is 5.01. The predicted molar refractivity (Wildman–Crippen MR) is 79.8 cm³/mol. The number of hydrogen-bond donors (Lipinski definition) is 6. The molecule has 0 amide bonds. The lowest BCUT2D eigenvalue weighted by molar-refractivity contribution is -0.179. The number of ketones is 1. The molecule has 10 heteroatoms. The zero-order valence-corrected chi connectivity index (χ0v) is 12.5. The number of rotatable bonds is 8. The van der Waals surface area contributed by atoms with E-state index >= 15 is 0 Å². The predicted octanol–water partition coefficient (Wildman–Crippen LogP) is -0.329. The molecule has 0 aliphatic heterocycles. The number of benzene rings is 1. The molecule has 0 radical (unpaired) electrons. The standard InChI is InChI=1S/C15H14O10/c16-9-3-1-7(5-10(9)17)2-4-11(18)15(25,14(23)24)8(13(21)22)6-12(19)20/h1-5,8,16-17,25H,6H2,(H,19,20)(H,21,22)(H,23,24)/b4-2+. The molecule has 0 spiro atoms. The summed E-state index contributed by atoms with van der Waals surface area (Å²) in [5.74, 6) is -10.9. The van der Waals surface area contributed by atoms with Crippen LogP contribution in [0.2, 0.25) is 0 Å². The van der Waals surface area contributed by atoms with Crippen molar-refractivity contribution in [2.45, 2.75) is 12.0 Å². The molecule has 2 atom stereocenters. The zero-order chi connectivity index (χ0) is 19.4. The van der Waals surface area contributed by atoms with Crippen LogP contribution in [0.1, 0.15) is 12.0 Å². The molecule has 10 nitrogen and oxygen atoms in total. The number of hydrogen-bond acceptors (Lipinski definition) is 7. The minimum absolute atomic E-state index is 0.126. The third-order valence-corrected chi connectivity index (χ3v) is 3.31. The first-order valence-electron chi connectivity index (χ1n) is 6.65. The van der Waals surface area contributed by atoms with E-state index in [0.717, 1.165) is 18.2 Å². The van der Waals surface area contributed by atoms with E-state index in [1.807, 2.05) is 0 Å². The molecule has 6 N–H and O–H groups in total. The highest BCUT2D eigenvalue weighted by molar-refractivity contribution is 6.15. The Morgan fingerprint density at radius 3 is 2.08 bits per heavy atom. The highest BCUT2D eigenvalue weighted by Crippen LogP contribution is 2.27. The van der Waals surface area contributed by atoms with E-state index in [9.17, 15) is 29.4 Å². The molecule has 1 rings (SSSR count). The van der Waals surface area contributed by atoms with Crippen LogP contribution in [0.25, 0.3) is 6.08 Å². The van der Waals surface area contributed by atoms with Crippen LogP contribution in [-0.4, -0.2) is 59.9 Å². The fourth-order valence-corrected chi connectivity index (χ4v) is 1.96. The Morgan fingerprint density at radius 1 is 1.04 bits per heavy atom. The van der Waals surface area contributed by atoms with Crippen molar-refractivity contribution in [3.63, 3.8) is 0 Å². The Hall–Kier alpha value is -3.40. The van der Waals surface area contributed by atoms with Gasteiger partial charge in [-0.1, -0.05) is 12.1 Å². The number of carboxylic acid groups (broad SMARTS) is 3. The van der Waals surface area contributed by atoms with Crippen molar-refractivity contribution in [1.29, 1.82) is 0 Å². The Labute approximate surface area is 139 Å². The molecule has 25 heavy (non-hydrogen) atoms.